The second-order valence-corrected chi connectivity index (χ2v) is 7.40. The van der Waals surface area contributed by atoms with E-state index in [1.54, 1.807) is 19.1 Å². The molecular formula is C18H14BrN3O6. The lowest BCUT2D eigenvalue weighted by atomic mass is 9.92. The van der Waals surface area contributed by atoms with Crippen LogP contribution in [0.1, 0.15) is 18.1 Å². The molecule has 0 saturated carbocycles. The number of ether oxygens (including phenoxy) is 2. The Morgan fingerprint density at radius 3 is 2.50 bits per heavy atom. The minimum absolute atomic E-state index is 0.0322. The number of amides is 3. The highest BCUT2D eigenvalue weighted by Crippen LogP contribution is 2.38. The van der Waals surface area contributed by atoms with Gasteiger partial charge in [0.2, 0.25) is 6.79 Å². The molecule has 0 aromatic heterocycles. The number of imide groups is 1. The number of non-ortho nitro benzene ring substituents is 1. The molecule has 2 aliphatic rings. The number of nitro groups is 1. The molecule has 3 amide bonds. The highest BCUT2D eigenvalue weighted by atomic mass is 79.9. The summed E-state index contributed by atoms with van der Waals surface area (Å²) in [7, 11) is 0. The Kier molecular flexibility index (Phi) is 4.22. The van der Waals surface area contributed by atoms with Crippen LogP contribution in [0.15, 0.2) is 40.9 Å². The van der Waals surface area contributed by atoms with Crippen LogP contribution >= 0.6 is 15.9 Å². The zero-order chi connectivity index (χ0) is 20.1. The van der Waals surface area contributed by atoms with E-state index in [2.05, 4.69) is 21.2 Å². The first kappa shape index (κ1) is 18.2. The molecule has 4 rings (SSSR count). The third-order valence-corrected chi connectivity index (χ3v) is 5.54. The number of hydrogen-bond acceptors (Lipinski definition) is 6. The number of carbonyl (C=O) groups is 2. The Morgan fingerprint density at radius 1 is 1.21 bits per heavy atom. The molecule has 10 heteroatoms. The van der Waals surface area contributed by atoms with Crippen molar-refractivity contribution in [3.63, 3.8) is 0 Å². The van der Waals surface area contributed by atoms with Gasteiger partial charge in [-0.15, -0.1) is 0 Å². The van der Waals surface area contributed by atoms with Gasteiger partial charge in [-0.2, -0.15) is 0 Å². The first-order chi connectivity index (χ1) is 13.3. The third kappa shape index (κ3) is 2.85. The zero-order valence-electron chi connectivity index (χ0n) is 14.6. The maximum absolute atomic E-state index is 13.0. The minimum atomic E-state index is -1.31. The summed E-state index contributed by atoms with van der Waals surface area (Å²) in [5, 5.41) is 13.5. The summed E-state index contributed by atoms with van der Waals surface area (Å²) in [5.74, 6) is 0.683. The topological polar surface area (TPSA) is 111 Å². The highest BCUT2D eigenvalue weighted by molar-refractivity contribution is 9.10. The summed E-state index contributed by atoms with van der Waals surface area (Å²) in [6.07, 6.45) is 0. The molecule has 2 heterocycles. The molecule has 1 saturated heterocycles. The van der Waals surface area contributed by atoms with Crippen molar-refractivity contribution in [2.45, 2.75) is 19.0 Å². The zero-order valence-corrected chi connectivity index (χ0v) is 16.2. The van der Waals surface area contributed by atoms with Gasteiger partial charge in [-0.1, -0.05) is 15.9 Å². The third-order valence-electron chi connectivity index (χ3n) is 4.80. The van der Waals surface area contributed by atoms with Crippen LogP contribution in [0.5, 0.6) is 11.5 Å². The second-order valence-electron chi connectivity index (χ2n) is 6.55. The predicted molar refractivity (Wildman–Crippen MR) is 99.8 cm³/mol. The summed E-state index contributed by atoms with van der Waals surface area (Å²) < 4.78 is 11.3. The van der Waals surface area contributed by atoms with E-state index in [0.717, 1.165) is 4.90 Å². The molecular weight excluding hydrogens is 434 g/mol. The first-order valence-corrected chi connectivity index (χ1v) is 9.06. The fraction of sp³-hybridized carbons (Fsp3) is 0.222. The fourth-order valence-corrected chi connectivity index (χ4v) is 3.65. The van der Waals surface area contributed by atoms with E-state index in [0.29, 0.717) is 27.1 Å². The van der Waals surface area contributed by atoms with Crippen LogP contribution in [-0.2, 0) is 16.9 Å². The van der Waals surface area contributed by atoms with E-state index in [1.807, 2.05) is 0 Å². The molecule has 28 heavy (non-hydrogen) atoms. The van der Waals surface area contributed by atoms with Crippen molar-refractivity contribution in [1.82, 2.24) is 10.2 Å². The first-order valence-electron chi connectivity index (χ1n) is 8.26. The summed E-state index contributed by atoms with van der Waals surface area (Å²) in [5.41, 5.74) is -0.260. The van der Waals surface area contributed by atoms with Crippen molar-refractivity contribution in [3.8, 4) is 11.5 Å². The minimum Gasteiger partial charge on any atom is -0.454 e. The van der Waals surface area contributed by atoms with E-state index in [9.17, 15) is 19.7 Å². The van der Waals surface area contributed by atoms with Crippen molar-refractivity contribution >= 4 is 33.6 Å². The monoisotopic (exact) mass is 447 g/mol. The number of urea groups is 1. The summed E-state index contributed by atoms with van der Waals surface area (Å²) in [6, 6.07) is 8.44. The van der Waals surface area contributed by atoms with Crippen molar-refractivity contribution in [2.24, 2.45) is 0 Å². The van der Waals surface area contributed by atoms with Gasteiger partial charge in [0.25, 0.3) is 11.6 Å². The van der Waals surface area contributed by atoms with Crippen molar-refractivity contribution in [2.75, 3.05) is 6.79 Å². The van der Waals surface area contributed by atoms with E-state index in [-0.39, 0.29) is 19.0 Å². The van der Waals surface area contributed by atoms with Crippen molar-refractivity contribution in [3.05, 3.63) is 62.1 Å². The number of nitrogens with one attached hydrogen (secondary N) is 1. The van der Waals surface area contributed by atoms with E-state index in [1.165, 1.54) is 24.3 Å². The Labute approximate surface area is 167 Å². The molecule has 0 aliphatic carbocycles. The molecule has 0 radical (unpaired) electrons. The number of nitro benzene ring substituents is 1. The van der Waals surface area contributed by atoms with Crippen LogP contribution in [-0.4, -0.2) is 28.6 Å². The van der Waals surface area contributed by atoms with E-state index < -0.39 is 22.4 Å². The van der Waals surface area contributed by atoms with Gasteiger partial charge in [0.15, 0.2) is 11.5 Å². The summed E-state index contributed by atoms with van der Waals surface area (Å²) in [4.78, 5) is 37.0. The smallest absolute Gasteiger partial charge is 0.325 e. The number of halogens is 1. The lowest BCUT2D eigenvalue weighted by Crippen LogP contribution is -2.40. The molecule has 0 bridgehead atoms. The number of fused-ring (bicyclic) bond motifs is 1. The van der Waals surface area contributed by atoms with Gasteiger partial charge in [-0.05, 0) is 42.3 Å². The molecule has 9 nitrogen and oxygen atoms in total. The predicted octanol–water partition coefficient (Wildman–Crippen LogP) is 3.05. The van der Waals surface area contributed by atoms with Gasteiger partial charge in [0, 0.05) is 16.6 Å². The number of nitrogens with zero attached hydrogens (tertiary/aromatic N) is 2. The fourth-order valence-electron chi connectivity index (χ4n) is 3.20. The average molecular weight is 448 g/mol. The largest absolute Gasteiger partial charge is 0.454 e. The van der Waals surface area contributed by atoms with Crippen LogP contribution in [0.3, 0.4) is 0 Å². The Morgan fingerprint density at radius 2 is 1.86 bits per heavy atom. The molecule has 2 aliphatic heterocycles. The molecule has 0 unspecified atom stereocenters. The van der Waals surface area contributed by atoms with Crippen molar-refractivity contribution < 1.29 is 24.0 Å². The van der Waals surface area contributed by atoms with Gasteiger partial charge in [-0.3, -0.25) is 19.8 Å². The van der Waals surface area contributed by atoms with Gasteiger partial charge in [0.05, 0.1) is 11.5 Å². The number of carbonyl (C=O) groups excluding carboxylic acids is 2. The quantitative estimate of drug-likeness (QED) is 0.437. The normalized spacial score (nSPS) is 20.4. The SMILES string of the molecule is C[C@]1(c2ccc([N+](=O)[O-])cc2)NC(=O)N(Cc2cc3c(cc2Br)OCO3)C1=O. The Balaban J connectivity index is 1.61. The molecule has 1 N–H and O–H groups in total. The lowest BCUT2D eigenvalue weighted by Gasteiger charge is -2.22. The van der Waals surface area contributed by atoms with E-state index >= 15 is 0 Å². The van der Waals surface area contributed by atoms with Gasteiger partial charge in [0.1, 0.15) is 5.54 Å². The van der Waals surface area contributed by atoms with Crippen LogP contribution in [0, 0.1) is 10.1 Å². The Bertz CT molecular complexity index is 1010. The van der Waals surface area contributed by atoms with Crippen molar-refractivity contribution in [1.29, 1.82) is 0 Å². The van der Waals surface area contributed by atoms with Crippen LogP contribution in [0.4, 0.5) is 10.5 Å². The number of benzene rings is 2. The average Bonchev–Trinajstić information content (AvgIpc) is 3.20. The maximum atomic E-state index is 13.0. The number of rotatable bonds is 4. The van der Waals surface area contributed by atoms with Gasteiger partial charge < -0.3 is 14.8 Å². The van der Waals surface area contributed by atoms with Gasteiger partial charge in [-0.25, -0.2) is 4.79 Å². The summed E-state index contributed by atoms with van der Waals surface area (Å²) >= 11 is 3.42. The summed E-state index contributed by atoms with van der Waals surface area (Å²) in [6.45, 7) is 1.72. The molecule has 0 spiro atoms. The van der Waals surface area contributed by atoms with E-state index in [4.69, 9.17) is 9.47 Å². The van der Waals surface area contributed by atoms with Crippen LogP contribution in [0.2, 0.25) is 0 Å². The lowest BCUT2D eigenvalue weighted by molar-refractivity contribution is -0.384. The molecule has 2 aromatic carbocycles. The second kappa shape index (κ2) is 6.48. The highest BCUT2D eigenvalue weighted by Gasteiger charge is 2.49. The van der Waals surface area contributed by atoms with Gasteiger partial charge >= 0.3 is 6.03 Å². The molecule has 1 atom stereocenters. The molecule has 1 fully saturated rings. The van der Waals surface area contributed by atoms with Crippen LogP contribution in [0.25, 0.3) is 0 Å². The standard InChI is InChI=1S/C18H14BrN3O6/c1-18(11-2-4-12(5-3-11)22(25)26)16(23)21(17(24)20-18)8-10-6-14-15(7-13(10)19)28-9-27-14/h2-7H,8-9H2,1H3,(H,20,24)/t18-/m1/s1. The molecule has 144 valence electrons. The van der Waals surface area contributed by atoms with Crippen LogP contribution < -0.4 is 14.8 Å². The molecule has 2 aromatic rings. The maximum Gasteiger partial charge on any atom is 0.325 e. The number of hydrogen-bond donors (Lipinski definition) is 1. The Hall–Kier alpha value is -3.14.